The molecular formula is C16H21N3O5S. The number of nitrogens with zero attached hydrogens (tertiary/aromatic N) is 1. The van der Waals surface area contributed by atoms with E-state index in [0.717, 1.165) is 6.42 Å². The van der Waals surface area contributed by atoms with E-state index in [1.807, 2.05) is 0 Å². The average Bonchev–Trinajstić information content (AvgIpc) is 3.05. The third-order valence-corrected chi connectivity index (χ3v) is 4.75. The van der Waals surface area contributed by atoms with Gasteiger partial charge in [0, 0.05) is 18.7 Å². The summed E-state index contributed by atoms with van der Waals surface area (Å²) in [6.07, 6.45) is 1.42. The minimum Gasteiger partial charge on any atom is -0.455 e. The van der Waals surface area contributed by atoms with Crippen LogP contribution in [0.25, 0.3) is 0 Å². The Labute approximate surface area is 146 Å². The molecule has 8 nitrogen and oxygen atoms in total. The van der Waals surface area contributed by atoms with Gasteiger partial charge in [-0.15, -0.1) is 0 Å². The van der Waals surface area contributed by atoms with Gasteiger partial charge in [-0.2, -0.15) is 0 Å². The third kappa shape index (κ3) is 5.56. The van der Waals surface area contributed by atoms with Gasteiger partial charge in [0.15, 0.2) is 6.61 Å². The molecule has 0 bridgehead atoms. The van der Waals surface area contributed by atoms with Crippen LogP contribution in [0.15, 0.2) is 34.2 Å². The number of hydrogen-bond acceptors (Lipinski definition) is 6. The van der Waals surface area contributed by atoms with Crippen molar-refractivity contribution in [2.75, 3.05) is 18.5 Å². The SMILES string of the molecule is CC(C)C(=O)OCC(=O)Nc1cccc(S(=O)(=O)NC2=NCCC2)c1. The number of amidine groups is 1. The molecule has 0 fully saturated rings. The largest absolute Gasteiger partial charge is 0.455 e. The lowest BCUT2D eigenvalue weighted by atomic mass is 10.2. The number of carbonyl (C=O) groups is 2. The number of esters is 1. The number of carbonyl (C=O) groups excluding carboxylic acids is 2. The number of aliphatic imine (C=N–C) groups is 1. The van der Waals surface area contributed by atoms with Crippen LogP contribution in [0, 0.1) is 5.92 Å². The average molecular weight is 367 g/mol. The number of anilines is 1. The molecule has 0 unspecified atom stereocenters. The normalized spacial score (nSPS) is 14.1. The van der Waals surface area contributed by atoms with Gasteiger partial charge >= 0.3 is 5.97 Å². The summed E-state index contributed by atoms with van der Waals surface area (Å²) in [5.74, 6) is -0.912. The Morgan fingerprint density at radius 2 is 2.08 bits per heavy atom. The fraction of sp³-hybridized carbons (Fsp3) is 0.438. The van der Waals surface area contributed by atoms with Crippen LogP contribution in [0.1, 0.15) is 26.7 Å². The summed E-state index contributed by atoms with van der Waals surface area (Å²) < 4.78 is 32.0. The predicted molar refractivity (Wildman–Crippen MR) is 92.7 cm³/mol. The van der Waals surface area contributed by atoms with Crippen LogP contribution in [0.5, 0.6) is 0 Å². The lowest BCUT2D eigenvalue weighted by molar-refractivity contribution is -0.150. The Morgan fingerprint density at radius 3 is 2.72 bits per heavy atom. The van der Waals surface area contributed by atoms with Crippen LogP contribution in [0.2, 0.25) is 0 Å². The molecule has 1 aliphatic rings. The number of amides is 1. The van der Waals surface area contributed by atoms with Crippen molar-refractivity contribution in [1.82, 2.24) is 4.72 Å². The van der Waals surface area contributed by atoms with Crippen molar-refractivity contribution < 1.29 is 22.7 Å². The lowest BCUT2D eigenvalue weighted by Crippen LogP contribution is -2.29. The lowest BCUT2D eigenvalue weighted by Gasteiger charge is -2.10. The highest BCUT2D eigenvalue weighted by molar-refractivity contribution is 7.90. The standard InChI is InChI=1S/C16H21N3O5S/c1-11(2)16(21)24-10-15(20)18-12-5-3-6-13(9-12)25(22,23)19-14-7-4-8-17-14/h3,5-6,9,11H,4,7-8,10H2,1-2H3,(H,17,19)(H,18,20). The molecule has 1 aliphatic heterocycles. The molecule has 0 spiro atoms. The molecular weight excluding hydrogens is 346 g/mol. The molecule has 0 aromatic heterocycles. The zero-order valence-corrected chi connectivity index (χ0v) is 14.9. The molecule has 1 aromatic carbocycles. The zero-order chi connectivity index (χ0) is 18.4. The molecule has 0 aliphatic carbocycles. The summed E-state index contributed by atoms with van der Waals surface area (Å²) in [6.45, 7) is 3.51. The number of rotatable bonds is 6. The second-order valence-electron chi connectivity index (χ2n) is 5.88. The van der Waals surface area contributed by atoms with Crippen LogP contribution in [-0.2, 0) is 24.3 Å². The van der Waals surface area contributed by atoms with Gasteiger partial charge in [-0.05, 0) is 24.6 Å². The smallest absolute Gasteiger partial charge is 0.308 e. The molecule has 9 heteroatoms. The molecule has 0 radical (unpaired) electrons. The molecule has 0 saturated carbocycles. The van der Waals surface area contributed by atoms with E-state index in [1.54, 1.807) is 19.9 Å². The van der Waals surface area contributed by atoms with E-state index < -0.39 is 28.5 Å². The first-order chi connectivity index (χ1) is 11.8. The number of benzene rings is 1. The van der Waals surface area contributed by atoms with Crippen molar-refractivity contribution in [3.63, 3.8) is 0 Å². The van der Waals surface area contributed by atoms with Crippen molar-refractivity contribution in [3.8, 4) is 0 Å². The van der Waals surface area contributed by atoms with Crippen molar-refractivity contribution in [2.45, 2.75) is 31.6 Å². The number of ether oxygens (including phenoxy) is 1. The van der Waals surface area contributed by atoms with Crippen LogP contribution in [-0.4, -0.2) is 39.3 Å². The quantitative estimate of drug-likeness (QED) is 0.736. The number of nitrogens with one attached hydrogen (secondary N) is 2. The molecule has 0 saturated heterocycles. The van der Waals surface area contributed by atoms with Crippen LogP contribution < -0.4 is 10.0 Å². The summed E-state index contributed by atoms with van der Waals surface area (Å²) in [6, 6.07) is 5.82. The Morgan fingerprint density at radius 1 is 1.32 bits per heavy atom. The first kappa shape index (κ1) is 18.9. The van der Waals surface area contributed by atoms with Crippen LogP contribution >= 0.6 is 0 Å². The highest BCUT2D eigenvalue weighted by atomic mass is 32.2. The minimum atomic E-state index is -3.76. The fourth-order valence-electron chi connectivity index (χ4n) is 2.08. The minimum absolute atomic E-state index is 0.0130. The summed E-state index contributed by atoms with van der Waals surface area (Å²) >= 11 is 0. The van der Waals surface area contributed by atoms with E-state index >= 15 is 0 Å². The number of hydrogen-bond donors (Lipinski definition) is 2. The van der Waals surface area contributed by atoms with Gasteiger partial charge in [0.05, 0.1) is 10.8 Å². The summed E-state index contributed by atoms with van der Waals surface area (Å²) in [5, 5.41) is 2.50. The van der Waals surface area contributed by atoms with Gasteiger partial charge in [0.2, 0.25) is 0 Å². The van der Waals surface area contributed by atoms with Gasteiger partial charge in [-0.25, -0.2) is 8.42 Å². The fourth-order valence-corrected chi connectivity index (χ4v) is 3.21. The highest BCUT2D eigenvalue weighted by Gasteiger charge is 2.19. The third-order valence-electron chi connectivity index (χ3n) is 3.37. The first-order valence-corrected chi connectivity index (χ1v) is 9.39. The Balaban J connectivity index is 2.00. The van der Waals surface area contributed by atoms with Gasteiger partial charge in [-0.1, -0.05) is 19.9 Å². The van der Waals surface area contributed by atoms with Crippen molar-refractivity contribution >= 4 is 33.4 Å². The van der Waals surface area contributed by atoms with Gasteiger partial charge in [-0.3, -0.25) is 19.3 Å². The van der Waals surface area contributed by atoms with E-state index in [2.05, 4.69) is 15.0 Å². The second-order valence-corrected chi connectivity index (χ2v) is 7.56. The maximum atomic E-state index is 12.3. The molecule has 0 atom stereocenters. The monoisotopic (exact) mass is 367 g/mol. The summed E-state index contributed by atoms with van der Waals surface area (Å²) in [7, 11) is -3.76. The molecule has 2 N–H and O–H groups in total. The van der Waals surface area contributed by atoms with E-state index in [0.29, 0.717) is 24.5 Å². The van der Waals surface area contributed by atoms with E-state index in [4.69, 9.17) is 4.74 Å². The van der Waals surface area contributed by atoms with Crippen LogP contribution in [0.4, 0.5) is 5.69 Å². The summed E-state index contributed by atoms with van der Waals surface area (Å²) in [4.78, 5) is 27.2. The van der Waals surface area contributed by atoms with Crippen LogP contribution in [0.3, 0.4) is 0 Å². The predicted octanol–water partition coefficient (Wildman–Crippen LogP) is 1.29. The zero-order valence-electron chi connectivity index (χ0n) is 14.1. The number of sulfonamides is 1. The summed E-state index contributed by atoms with van der Waals surface area (Å²) in [5.41, 5.74) is 0.293. The second kappa shape index (κ2) is 8.11. The van der Waals surface area contributed by atoms with E-state index in [-0.39, 0.29) is 10.8 Å². The molecule has 1 aromatic rings. The van der Waals surface area contributed by atoms with E-state index in [1.165, 1.54) is 18.2 Å². The Hall–Kier alpha value is -2.42. The molecule has 25 heavy (non-hydrogen) atoms. The van der Waals surface area contributed by atoms with Crippen molar-refractivity contribution in [3.05, 3.63) is 24.3 Å². The van der Waals surface area contributed by atoms with E-state index in [9.17, 15) is 18.0 Å². The van der Waals surface area contributed by atoms with Crippen molar-refractivity contribution in [2.24, 2.45) is 10.9 Å². The Kier molecular flexibility index (Phi) is 6.13. The molecule has 2 rings (SSSR count). The molecule has 1 amide bonds. The maximum absolute atomic E-state index is 12.3. The Bertz CT molecular complexity index is 787. The maximum Gasteiger partial charge on any atom is 0.308 e. The van der Waals surface area contributed by atoms with Gasteiger partial charge < -0.3 is 10.1 Å². The highest BCUT2D eigenvalue weighted by Crippen LogP contribution is 2.16. The van der Waals surface area contributed by atoms with Gasteiger partial charge in [0.25, 0.3) is 15.9 Å². The van der Waals surface area contributed by atoms with Gasteiger partial charge in [0.1, 0.15) is 5.84 Å². The molecule has 1 heterocycles. The first-order valence-electron chi connectivity index (χ1n) is 7.90. The van der Waals surface area contributed by atoms with Crippen molar-refractivity contribution in [1.29, 1.82) is 0 Å². The molecule has 136 valence electrons. The topological polar surface area (TPSA) is 114 Å².